The van der Waals surface area contributed by atoms with E-state index in [1.807, 2.05) is 24.3 Å². The number of nitrogens with one attached hydrogen (secondary N) is 1. The van der Waals surface area contributed by atoms with Gasteiger partial charge in [0.05, 0.1) is 16.3 Å². The smallest absolute Gasteiger partial charge is 0.111 e. The molecule has 0 saturated carbocycles. The highest BCUT2D eigenvalue weighted by molar-refractivity contribution is 7.18. The number of para-hydroxylation sites is 1. The summed E-state index contributed by atoms with van der Waals surface area (Å²) in [5.74, 6) is 0. The van der Waals surface area contributed by atoms with E-state index in [9.17, 15) is 0 Å². The Morgan fingerprint density at radius 2 is 2.05 bits per heavy atom. The van der Waals surface area contributed by atoms with Crippen molar-refractivity contribution in [2.45, 2.75) is 19.4 Å². The maximum Gasteiger partial charge on any atom is 0.111 e. The van der Waals surface area contributed by atoms with Crippen LogP contribution in [-0.4, -0.2) is 11.5 Å². The first-order valence-corrected chi connectivity index (χ1v) is 8.29. The van der Waals surface area contributed by atoms with Crippen LogP contribution in [0.1, 0.15) is 23.5 Å². The van der Waals surface area contributed by atoms with Crippen molar-refractivity contribution >= 4 is 33.2 Å². The molecular formula is C17H17ClN2S. The zero-order valence-electron chi connectivity index (χ0n) is 11.8. The first kappa shape index (κ1) is 14.5. The summed E-state index contributed by atoms with van der Waals surface area (Å²) >= 11 is 7.84. The minimum absolute atomic E-state index is 0.228. The van der Waals surface area contributed by atoms with E-state index >= 15 is 0 Å². The number of thiazole rings is 1. The second-order valence-electron chi connectivity index (χ2n) is 4.96. The number of halogens is 1. The average molecular weight is 317 g/mol. The Labute approximate surface area is 133 Å². The maximum atomic E-state index is 6.08. The standard InChI is InChI=1S/C17H17ClN2S/c1-2-19-15(11-12-6-5-7-13(18)10-12)17-20-14-8-3-4-9-16(14)21-17/h3-10,15,19H,2,11H2,1H3. The van der Waals surface area contributed by atoms with E-state index in [0.29, 0.717) is 0 Å². The Bertz CT molecular complexity index is 705. The molecule has 0 spiro atoms. The molecule has 3 aromatic rings. The van der Waals surface area contributed by atoms with E-state index in [0.717, 1.165) is 28.5 Å². The van der Waals surface area contributed by atoms with Gasteiger partial charge in [-0.2, -0.15) is 0 Å². The van der Waals surface area contributed by atoms with Gasteiger partial charge in [0, 0.05) is 5.02 Å². The van der Waals surface area contributed by atoms with E-state index in [-0.39, 0.29) is 6.04 Å². The van der Waals surface area contributed by atoms with Crippen LogP contribution in [0, 0.1) is 0 Å². The second-order valence-corrected chi connectivity index (χ2v) is 6.46. The van der Waals surface area contributed by atoms with Crippen LogP contribution >= 0.6 is 22.9 Å². The highest BCUT2D eigenvalue weighted by atomic mass is 35.5. The molecule has 0 aliphatic carbocycles. The molecule has 2 aromatic carbocycles. The van der Waals surface area contributed by atoms with Crippen molar-refractivity contribution in [2.24, 2.45) is 0 Å². The third-order valence-electron chi connectivity index (χ3n) is 3.39. The van der Waals surface area contributed by atoms with Gasteiger partial charge >= 0.3 is 0 Å². The molecule has 1 aromatic heterocycles. The highest BCUT2D eigenvalue weighted by Crippen LogP contribution is 2.28. The van der Waals surface area contributed by atoms with Gasteiger partial charge in [0.15, 0.2) is 0 Å². The summed E-state index contributed by atoms with van der Waals surface area (Å²) in [4.78, 5) is 4.77. The van der Waals surface area contributed by atoms with Gasteiger partial charge in [-0.3, -0.25) is 0 Å². The van der Waals surface area contributed by atoms with Crippen LogP contribution in [0.2, 0.25) is 5.02 Å². The molecule has 0 radical (unpaired) electrons. The molecule has 1 N–H and O–H groups in total. The Morgan fingerprint density at radius 1 is 1.19 bits per heavy atom. The molecule has 21 heavy (non-hydrogen) atoms. The van der Waals surface area contributed by atoms with Gasteiger partial charge in [-0.05, 0) is 42.8 Å². The van der Waals surface area contributed by atoms with Crippen molar-refractivity contribution in [1.82, 2.24) is 10.3 Å². The second kappa shape index (κ2) is 6.56. The zero-order valence-corrected chi connectivity index (χ0v) is 13.4. The van der Waals surface area contributed by atoms with Gasteiger partial charge in [-0.15, -0.1) is 11.3 Å². The molecule has 0 aliphatic rings. The van der Waals surface area contributed by atoms with E-state index in [1.54, 1.807) is 11.3 Å². The number of nitrogens with zero attached hydrogens (tertiary/aromatic N) is 1. The first-order valence-electron chi connectivity index (χ1n) is 7.09. The fourth-order valence-electron chi connectivity index (χ4n) is 2.43. The lowest BCUT2D eigenvalue weighted by molar-refractivity contribution is 0.548. The number of benzene rings is 2. The number of rotatable bonds is 5. The van der Waals surface area contributed by atoms with Crippen LogP contribution in [-0.2, 0) is 6.42 Å². The lowest BCUT2D eigenvalue weighted by atomic mass is 10.1. The summed E-state index contributed by atoms with van der Waals surface area (Å²) in [6, 6.07) is 16.6. The minimum Gasteiger partial charge on any atom is -0.308 e. The Balaban J connectivity index is 1.90. The SMILES string of the molecule is CCNC(Cc1cccc(Cl)c1)c1nc2ccccc2s1. The summed E-state index contributed by atoms with van der Waals surface area (Å²) in [7, 11) is 0. The van der Waals surface area contributed by atoms with E-state index < -0.39 is 0 Å². The quantitative estimate of drug-likeness (QED) is 0.728. The Hall–Kier alpha value is -1.42. The van der Waals surface area contributed by atoms with Crippen molar-refractivity contribution in [3.05, 3.63) is 64.1 Å². The summed E-state index contributed by atoms with van der Waals surface area (Å²) < 4.78 is 1.24. The van der Waals surface area contributed by atoms with Crippen LogP contribution in [0.5, 0.6) is 0 Å². The summed E-state index contributed by atoms with van der Waals surface area (Å²) in [6.07, 6.45) is 0.897. The van der Waals surface area contributed by atoms with Crippen LogP contribution in [0.15, 0.2) is 48.5 Å². The monoisotopic (exact) mass is 316 g/mol. The highest BCUT2D eigenvalue weighted by Gasteiger charge is 2.16. The van der Waals surface area contributed by atoms with E-state index in [1.165, 1.54) is 10.3 Å². The molecule has 3 rings (SSSR count). The molecule has 1 unspecified atom stereocenters. The van der Waals surface area contributed by atoms with Gasteiger partial charge in [0.25, 0.3) is 0 Å². The third kappa shape index (κ3) is 3.43. The summed E-state index contributed by atoms with van der Waals surface area (Å²) in [5, 5.41) is 5.45. The summed E-state index contributed by atoms with van der Waals surface area (Å²) in [6.45, 7) is 3.04. The van der Waals surface area contributed by atoms with Crippen LogP contribution < -0.4 is 5.32 Å². The number of likely N-dealkylation sites (N-methyl/N-ethyl adjacent to an activating group) is 1. The fourth-order valence-corrected chi connectivity index (χ4v) is 3.69. The van der Waals surface area contributed by atoms with Crippen LogP contribution in [0.4, 0.5) is 0 Å². The first-order chi connectivity index (χ1) is 10.3. The Morgan fingerprint density at radius 3 is 2.81 bits per heavy atom. The van der Waals surface area contributed by atoms with Crippen molar-refractivity contribution in [3.63, 3.8) is 0 Å². The number of fused-ring (bicyclic) bond motifs is 1. The van der Waals surface area contributed by atoms with Gasteiger partial charge < -0.3 is 5.32 Å². The fraction of sp³-hybridized carbons (Fsp3) is 0.235. The molecule has 1 atom stereocenters. The maximum absolute atomic E-state index is 6.08. The predicted octanol–water partition coefficient (Wildman–Crippen LogP) is 4.84. The average Bonchev–Trinajstić information content (AvgIpc) is 2.91. The molecule has 0 bridgehead atoms. The topological polar surface area (TPSA) is 24.9 Å². The molecule has 2 nitrogen and oxygen atoms in total. The predicted molar refractivity (Wildman–Crippen MR) is 91.2 cm³/mol. The lowest BCUT2D eigenvalue weighted by Gasteiger charge is -2.15. The Kier molecular flexibility index (Phi) is 4.54. The molecular weight excluding hydrogens is 300 g/mol. The molecule has 0 amide bonds. The normalized spacial score (nSPS) is 12.7. The van der Waals surface area contributed by atoms with Gasteiger partial charge in [-0.1, -0.05) is 42.8 Å². The largest absolute Gasteiger partial charge is 0.308 e. The van der Waals surface area contributed by atoms with Crippen molar-refractivity contribution < 1.29 is 0 Å². The molecule has 108 valence electrons. The number of hydrogen-bond donors (Lipinski definition) is 1. The summed E-state index contributed by atoms with van der Waals surface area (Å²) in [5.41, 5.74) is 2.30. The molecule has 0 aliphatic heterocycles. The number of hydrogen-bond acceptors (Lipinski definition) is 3. The van der Waals surface area contributed by atoms with Crippen LogP contribution in [0.3, 0.4) is 0 Å². The zero-order chi connectivity index (χ0) is 14.7. The van der Waals surface area contributed by atoms with Crippen molar-refractivity contribution in [3.8, 4) is 0 Å². The van der Waals surface area contributed by atoms with Crippen LogP contribution in [0.25, 0.3) is 10.2 Å². The van der Waals surface area contributed by atoms with Crippen molar-refractivity contribution in [1.29, 1.82) is 0 Å². The molecule has 1 heterocycles. The van der Waals surface area contributed by atoms with E-state index in [4.69, 9.17) is 16.6 Å². The van der Waals surface area contributed by atoms with Gasteiger partial charge in [0.1, 0.15) is 5.01 Å². The van der Waals surface area contributed by atoms with Gasteiger partial charge in [0.2, 0.25) is 0 Å². The molecule has 0 fully saturated rings. The molecule has 0 saturated heterocycles. The minimum atomic E-state index is 0.228. The lowest BCUT2D eigenvalue weighted by Crippen LogP contribution is -2.22. The third-order valence-corrected chi connectivity index (χ3v) is 4.77. The van der Waals surface area contributed by atoms with Crippen molar-refractivity contribution in [2.75, 3.05) is 6.54 Å². The molecule has 4 heteroatoms. The van der Waals surface area contributed by atoms with Gasteiger partial charge in [-0.25, -0.2) is 4.98 Å². The number of aromatic nitrogens is 1. The van der Waals surface area contributed by atoms with E-state index in [2.05, 4.69) is 36.5 Å².